The Morgan fingerprint density at radius 2 is 1.62 bits per heavy atom. The first-order chi connectivity index (χ1) is 15.1. The van der Waals surface area contributed by atoms with Crippen LogP contribution in [0.5, 0.6) is 0 Å². The monoisotopic (exact) mass is 478 g/mol. The van der Waals surface area contributed by atoms with Gasteiger partial charge in [0.25, 0.3) is 5.91 Å². The van der Waals surface area contributed by atoms with Gasteiger partial charge in [-0.1, -0.05) is 17.7 Å². The molecule has 0 radical (unpaired) electrons. The first-order valence-electron chi connectivity index (χ1n) is 10.1. The van der Waals surface area contributed by atoms with Gasteiger partial charge in [-0.15, -0.1) is 0 Å². The average molecular weight is 479 g/mol. The summed E-state index contributed by atoms with van der Waals surface area (Å²) in [5, 5.41) is 0.656. The molecule has 2 amide bonds. The summed E-state index contributed by atoms with van der Waals surface area (Å²) in [5.41, 5.74) is 1.78. The lowest BCUT2D eigenvalue weighted by Crippen LogP contribution is -2.52. The Morgan fingerprint density at radius 3 is 2.16 bits per heavy atom. The number of hydrogen-bond donors (Lipinski definition) is 0. The highest BCUT2D eigenvalue weighted by Crippen LogP contribution is 2.22. The van der Waals surface area contributed by atoms with Crippen molar-refractivity contribution in [3.05, 3.63) is 59.1 Å². The van der Waals surface area contributed by atoms with Crippen LogP contribution in [0.3, 0.4) is 0 Å². The quantitative estimate of drug-likeness (QED) is 0.635. The van der Waals surface area contributed by atoms with Crippen molar-refractivity contribution in [3.63, 3.8) is 0 Å². The largest absolute Gasteiger partial charge is 0.368 e. The molecular formula is C22H27ClN4O4S. The van der Waals surface area contributed by atoms with Crippen LogP contribution < -0.4 is 9.21 Å². The Kier molecular flexibility index (Phi) is 7.30. The first kappa shape index (κ1) is 23.9. The standard InChI is InChI=1S/C22H27ClN4O4S/c1-24(2)22(29)17-7-9-19(10-8-17)27(32(3,30)31)16-21(28)26-13-11-25(12-14-26)20-6-4-5-18(23)15-20/h4-10,15H,11-14,16H2,1-3H3. The predicted molar refractivity (Wildman–Crippen MR) is 127 cm³/mol. The molecule has 1 heterocycles. The molecule has 0 spiro atoms. The summed E-state index contributed by atoms with van der Waals surface area (Å²) >= 11 is 6.07. The number of carbonyl (C=O) groups is 2. The maximum Gasteiger partial charge on any atom is 0.253 e. The molecule has 0 atom stereocenters. The molecule has 32 heavy (non-hydrogen) atoms. The molecule has 8 nitrogen and oxygen atoms in total. The predicted octanol–water partition coefficient (Wildman–Crippen LogP) is 2.16. The Morgan fingerprint density at radius 1 is 1.00 bits per heavy atom. The fourth-order valence-corrected chi connectivity index (χ4v) is 4.57. The Balaban J connectivity index is 1.68. The summed E-state index contributed by atoms with van der Waals surface area (Å²) in [7, 11) is -0.409. The molecule has 1 aliphatic rings. The van der Waals surface area contributed by atoms with Gasteiger partial charge in [-0.25, -0.2) is 8.42 Å². The minimum atomic E-state index is -3.69. The zero-order chi connectivity index (χ0) is 23.5. The maximum absolute atomic E-state index is 12.9. The third kappa shape index (κ3) is 5.72. The molecule has 10 heteroatoms. The summed E-state index contributed by atoms with van der Waals surface area (Å²) in [6, 6.07) is 13.8. The van der Waals surface area contributed by atoms with Crippen molar-refractivity contribution >= 4 is 44.8 Å². The number of carbonyl (C=O) groups excluding carboxylic acids is 2. The van der Waals surface area contributed by atoms with Crippen molar-refractivity contribution in [1.82, 2.24) is 9.80 Å². The first-order valence-corrected chi connectivity index (χ1v) is 12.4. The molecule has 0 bridgehead atoms. The molecule has 3 rings (SSSR count). The number of anilines is 2. The van der Waals surface area contributed by atoms with Crippen LogP contribution in [0.2, 0.25) is 5.02 Å². The molecule has 0 saturated carbocycles. The molecule has 0 aromatic heterocycles. The molecule has 2 aromatic rings. The van der Waals surface area contributed by atoms with Gasteiger partial charge in [0.2, 0.25) is 15.9 Å². The Bertz CT molecular complexity index is 1080. The van der Waals surface area contributed by atoms with E-state index in [4.69, 9.17) is 11.6 Å². The highest BCUT2D eigenvalue weighted by Gasteiger charge is 2.27. The number of benzene rings is 2. The maximum atomic E-state index is 12.9. The van der Waals surface area contributed by atoms with Gasteiger partial charge in [-0.2, -0.15) is 0 Å². The SMILES string of the molecule is CN(C)C(=O)c1ccc(N(CC(=O)N2CCN(c3cccc(Cl)c3)CC2)S(C)(=O)=O)cc1. The summed E-state index contributed by atoms with van der Waals surface area (Å²) in [6.45, 7) is 1.94. The fourth-order valence-electron chi connectivity index (χ4n) is 3.54. The number of amides is 2. The number of halogens is 1. The second-order valence-electron chi connectivity index (χ2n) is 7.86. The Hall–Kier alpha value is -2.78. The summed E-state index contributed by atoms with van der Waals surface area (Å²) in [6.07, 6.45) is 1.07. The van der Waals surface area contributed by atoms with Crippen LogP contribution in [0.4, 0.5) is 11.4 Å². The molecule has 1 fully saturated rings. The van der Waals surface area contributed by atoms with Gasteiger partial charge < -0.3 is 14.7 Å². The highest BCUT2D eigenvalue weighted by molar-refractivity contribution is 7.92. The van der Waals surface area contributed by atoms with E-state index in [9.17, 15) is 18.0 Å². The fraction of sp³-hybridized carbons (Fsp3) is 0.364. The van der Waals surface area contributed by atoms with E-state index >= 15 is 0 Å². The van der Waals surface area contributed by atoms with E-state index < -0.39 is 10.0 Å². The second kappa shape index (κ2) is 9.79. The van der Waals surface area contributed by atoms with E-state index in [0.717, 1.165) is 16.2 Å². The zero-order valence-corrected chi connectivity index (χ0v) is 19.9. The van der Waals surface area contributed by atoms with Gasteiger partial charge in [0.1, 0.15) is 6.54 Å². The van der Waals surface area contributed by atoms with Gasteiger partial charge in [0.15, 0.2) is 0 Å². The normalized spacial score (nSPS) is 14.2. The smallest absolute Gasteiger partial charge is 0.253 e. The van der Waals surface area contributed by atoms with Crippen molar-refractivity contribution in [3.8, 4) is 0 Å². The van der Waals surface area contributed by atoms with Crippen molar-refractivity contribution < 1.29 is 18.0 Å². The number of sulfonamides is 1. The molecule has 1 aliphatic heterocycles. The van der Waals surface area contributed by atoms with E-state index in [2.05, 4.69) is 4.90 Å². The van der Waals surface area contributed by atoms with Crippen molar-refractivity contribution in [2.45, 2.75) is 0 Å². The summed E-state index contributed by atoms with van der Waals surface area (Å²) in [5.74, 6) is -0.453. The third-order valence-electron chi connectivity index (χ3n) is 5.29. The number of piperazine rings is 1. The van der Waals surface area contributed by atoms with E-state index in [1.165, 1.54) is 4.90 Å². The molecule has 2 aromatic carbocycles. The van der Waals surface area contributed by atoms with Crippen LogP contribution in [0.25, 0.3) is 0 Å². The van der Waals surface area contributed by atoms with Crippen LogP contribution in [0, 0.1) is 0 Å². The Labute approximate surface area is 194 Å². The van der Waals surface area contributed by atoms with E-state index in [-0.39, 0.29) is 18.4 Å². The minimum Gasteiger partial charge on any atom is -0.368 e. The van der Waals surface area contributed by atoms with Crippen molar-refractivity contribution in [2.75, 3.05) is 62.3 Å². The lowest BCUT2D eigenvalue weighted by molar-refractivity contribution is -0.129. The van der Waals surface area contributed by atoms with E-state index in [1.54, 1.807) is 43.3 Å². The molecule has 0 N–H and O–H groups in total. The lowest BCUT2D eigenvalue weighted by atomic mass is 10.2. The minimum absolute atomic E-state index is 0.184. The second-order valence-corrected chi connectivity index (χ2v) is 10.2. The highest BCUT2D eigenvalue weighted by atomic mass is 35.5. The number of hydrogen-bond acceptors (Lipinski definition) is 5. The van der Waals surface area contributed by atoms with Gasteiger partial charge >= 0.3 is 0 Å². The van der Waals surface area contributed by atoms with Crippen molar-refractivity contribution in [1.29, 1.82) is 0 Å². The summed E-state index contributed by atoms with van der Waals surface area (Å²) < 4.78 is 25.9. The summed E-state index contributed by atoms with van der Waals surface area (Å²) in [4.78, 5) is 30.2. The molecular weight excluding hydrogens is 452 g/mol. The molecule has 0 unspecified atom stereocenters. The molecule has 1 saturated heterocycles. The zero-order valence-electron chi connectivity index (χ0n) is 18.4. The van der Waals surface area contributed by atoms with Gasteiger partial charge in [-0.05, 0) is 42.5 Å². The van der Waals surface area contributed by atoms with Gasteiger partial charge in [0.05, 0.1) is 11.9 Å². The topological polar surface area (TPSA) is 81.2 Å². The third-order valence-corrected chi connectivity index (χ3v) is 6.67. The van der Waals surface area contributed by atoms with Crippen LogP contribution in [-0.4, -0.2) is 83.1 Å². The van der Waals surface area contributed by atoms with Crippen LogP contribution in [0.1, 0.15) is 10.4 Å². The van der Waals surface area contributed by atoms with Crippen LogP contribution >= 0.6 is 11.6 Å². The van der Waals surface area contributed by atoms with E-state index in [1.807, 2.05) is 24.3 Å². The van der Waals surface area contributed by atoms with Gasteiger partial charge in [0, 0.05) is 56.5 Å². The lowest BCUT2D eigenvalue weighted by Gasteiger charge is -2.37. The van der Waals surface area contributed by atoms with Crippen LogP contribution in [0.15, 0.2) is 48.5 Å². The number of nitrogens with zero attached hydrogens (tertiary/aromatic N) is 4. The van der Waals surface area contributed by atoms with Gasteiger partial charge in [-0.3, -0.25) is 13.9 Å². The number of rotatable bonds is 6. The van der Waals surface area contributed by atoms with E-state index in [0.29, 0.717) is 42.5 Å². The molecule has 172 valence electrons. The molecule has 0 aliphatic carbocycles. The van der Waals surface area contributed by atoms with Crippen LogP contribution in [-0.2, 0) is 14.8 Å². The average Bonchev–Trinajstić information content (AvgIpc) is 2.76. The van der Waals surface area contributed by atoms with Crippen molar-refractivity contribution in [2.24, 2.45) is 0 Å².